The highest BCUT2D eigenvalue weighted by Gasteiger charge is 2.35. The Morgan fingerprint density at radius 3 is 2.39 bits per heavy atom. The van der Waals surface area contributed by atoms with E-state index < -0.39 is 28.9 Å². The zero-order valence-corrected chi connectivity index (χ0v) is 16.1. The Labute approximate surface area is 165 Å². The molecule has 0 saturated heterocycles. The molecule has 0 aliphatic carbocycles. The number of rotatable bonds is 4. The van der Waals surface area contributed by atoms with Crippen LogP contribution in [-0.2, 0) is 17.4 Å². The third kappa shape index (κ3) is 3.96. The van der Waals surface area contributed by atoms with E-state index in [1.165, 1.54) is 43.7 Å². The Bertz CT molecular complexity index is 1020. The van der Waals surface area contributed by atoms with Gasteiger partial charge < -0.3 is 9.29 Å². The number of methoxy groups -OCH3 is 1. The van der Waals surface area contributed by atoms with Crippen molar-refractivity contribution in [2.24, 2.45) is 0 Å². The van der Waals surface area contributed by atoms with Crippen LogP contribution in [0.1, 0.15) is 5.69 Å². The van der Waals surface area contributed by atoms with Crippen LogP contribution in [0, 0.1) is 5.82 Å². The first-order chi connectivity index (χ1) is 13.1. The summed E-state index contributed by atoms with van der Waals surface area (Å²) in [5.74, 6) is -0.441. The molecule has 0 amide bonds. The summed E-state index contributed by atoms with van der Waals surface area (Å²) >= 11 is 4.50. The van der Waals surface area contributed by atoms with Gasteiger partial charge in [0.1, 0.15) is 12.0 Å². The van der Waals surface area contributed by atoms with E-state index in [2.05, 4.69) is 5.10 Å². The number of ether oxygens (including phenoxy) is 1. The normalized spacial score (nSPS) is 12.9. The quantitative estimate of drug-likeness (QED) is 0.426. The van der Waals surface area contributed by atoms with Crippen molar-refractivity contribution in [3.63, 3.8) is 0 Å². The standard InChI is InChI=1S/C18H13ClF4N2O2S/c1-27-15-5-4-11(8-12(15)19)25-14(9-17(24-25)18(21,22)23)10-3-6-16(28(2)26)13(20)7-10/h3-9H,1-2H3. The summed E-state index contributed by atoms with van der Waals surface area (Å²) in [5, 5.41) is 3.80. The van der Waals surface area contributed by atoms with Gasteiger partial charge in [0.2, 0.25) is 0 Å². The smallest absolute Gasteiger partial charge is 0.435 e. The maximum atomic E-state index is 14.2. The van der Waals surface area contributed by atoms with Crippen LogP contribution < -0.4 is 4.74 Å². The molecule has 1 unspecified atom stereocenters. The molecule has 0 radical (unpaired) electrons. The van der Waals surface area contributed by atoms with Gasteiger partial charge in [0, 0.05) is 5.56 Å². The van der Waals surface area contributed by atoms with E-state index in [-0.39, 0.29) is 26.9 Å². The SMILES string of the molecule is COc1ccc(-n2nc(C(F)(F)F)cc2-c2ccc([S+](C)[O-])c(F)c2)cc1Cl. The minimum absolute atomic E-state index is 0.000828. The van der Waals surface area contributed by atoms with Crippen LogP contribution in [-0.4, -0.2) is 27.7 Å². The lowest BCUT2D eigenvalue weighted by Crippen LogP contribution is -2.07. The van der Waals surface area contributed by atoms with Crippen LogP contribution in [0.2, 0.25) is 5.02 Å². The van der Waals surface area contributed by atoms with Crippen LogP contribution in [0.25, 0.3) is 16.9 Å². The maximum absolute atomic E-state index is 14.2. The summed E-state index contributed by atoms with van der Waals surface area (Å²) < 4.78 is 71.5. The van der Waals surface area contributed by atoms with Crippen molar-refractivity contribution in [2.45, 2.75) is 11.1 Å². The lowest BCUT2D eigenvalue weighted by molar-refractivity contribution is -0.141. The van der Waals surface area contributed by atoms with Crippen molar-refractivity contribution in [3.8, 4) is 22.7 Å². The van der Waals surface area contributed by atoms with E-state index in [0.29, 0.717) is 5.75 Å². The first-order valence-electron chi connectivity index (χ1n) is 7.76. The zero-order chi connectivity index (χ0) is 20.6. The molecule has 10 heteroatoms. The first-order valence-corrected chi connectivity index (χ1v) is 9.70. The van der Waals surface area contributed by atoms with Crippen LogP contribution in [0.15, 0.2) is 47.4 Å². The van der Waals surface area contributed by atoms with E-state index in [1.54, 1.807) is 0 Å². The highest BCUT2D eigenvalue weighted by molar-refractivity contribution is 7.90. The molecular formula is C18H13ClF4N2O2S. The Hall–Kier alpha value is -2.23. The lowest BCUT2D eigenvalue weighted by atomic mass is 10.1. The van der Waals surface area contributed by atoms with Crippen LogP contribution in [0.4, 0.5) is 17.6 Å². The van der Waals surface area contributed by atoms with Gasteiger partial charge in [-0.25, -0.2) is 9.07 Å². The van der Waals surface area contributed by atoms with Gasteiger partial charge in [0.15, 0.2) is 16.4 Å². The van der Waals surface area contributed by atoms with Gasteiger partial charge >= 0.3 is 6.18 Å². The number of benzene rings is 2. The number of halogens is 5. The fourth-order valence-electron chi connectivity index (χ4n) is 2.60. The average molecular weight is 433 g/mol. The van der Waals surface area contributed by atoms with Crippen molar-refractivity contribution < 1.29 is 26.9 Å². The number of alkyl halides is 3. The second kappa shape index (κ2) is 7.65. The second-order valence-electron chi connectivity index (χ2n) is 5.74. The van der Waals surface area contributed by atoms with Gasteiger partial charge in [-0.3, -0.25) is 0 Å². The summed E-state index contributed by atoms with van der Waals surface area (Å²) in [4.78, 5) is -0.0432. The molecule has 148 valence electrons. The van der Waals surface area contributed by atoms with Crippen LogP contribution in [0.5, 0.6) is 5.75 Å². The predicted octanol–water partition coefficient (Wildman–Crippen LogP) is 5.10. The van der Waals surface area contributed by atoms with Crippen molar-refractivity contribution in [3.05, 3.63) is 59.0 Å². The first kappa shape index (κ1) is 20.5. The molecule has 3 aromatic rings. The van der Waals surface area contributed by atoms with Crippen molar-refractivity contribution in [2.75, 3.05) is 13.4 Å². The van der Waals surface area contributed by atoms with Crippen molar-refractivity contribution in [1.82, 2.24) is 9.78 Å². The van der Waals surface area contributed by atoms with E-state index in [0.717, 1.165) is 16.8 Å². The van der Waals surface area contributed by atoms with E-state index >= 15 is 0 Å². The molecule has 1 atom stereocenters. The molecule has 3 rings (SSSR count). The fraction of sp³-hybridized carbons (Fsp3) is 0.167. The van der Waals surface area contributed by atoms with Gasteiger partial charge in [-0.15, -0.1) is 0 Å². The summed E-state index contributed by atoms with van der Waals surface area (Å²) in [6.45, 7) is 0. The summed E-state index contributed by atoms with van der Waals surface area (Å²) in [6, 6.07) is 8.85. The Morgan fingerprint density at radius 2 is 1.86 bits per heavy atom. The zero-order valence-electron chi connectivity index (χ0n) is 14.6. The topological polar surface area (TPSA) is 50.1 Å². The van der Waals surface area contributed by atoms with Gasteiger partial charge in [0.25, 0.3) is 0 Å². The van der Waals surface area contributed by atoms with Gasteiger partial charge in [-0.05, 0) is 53.6 Å². The van der Waals surface area contributed by atoms with E-state index in [9.17, 15) is 22.1 Å². The molecule has 4 nitrogen and oxygen atoms in total. The molecule has 2 aromatic carbocycles. The van der Waals surface area contributed by atoms with E-state index in [4.69, 9.17) is 16.3 Å². The largest absolute Gasteiger partial charge is 0.612 e. The number of hydrogen-bond donors (Lipinski definition) is 0. The third-order valence-electron chi connectivity index (χ3n) is 3.92. The monoisotopic (exact) mass is 432 g/mol. The van der Waals surface area contributed by atoms with Gasteiger partial charge in [0.05, 0.1) is 23.5 Å². The molecule has 0 saturated carbocycles. The highest BCUT2D eigenvalue weighted by Crippen LogP contribution is 2.35. The average Bonchev–Trinajstić information content (AvgIpc) is 3.07. The summed E-state index contributed by atoms with van der Waals surface area (Å²) in [5.41, 5.74) is -0.764. The molecular weight excluding hydrogens is 420 g/mol. The maximum Gasteiger partial charge on any atom is 0.435 e. The van der Waals surface area contributed by atoms with Crippen molar-refractivity contribution >= 4 is 22.8 Å². The van der Waals surface area contributed by atoms with E-state index in [1.807, 2.05) is 0 Å². The summed E-state index contributed by atoms with van der Waals surface area (Å²) in [7, 11) is 1.41. The minimum atomic E-state index is -4.69. The molecule has 0 spiro atoms. The molecule has 1 aromatic heterocycles. The molecule has 0 bridgehead atoms. The minimum Gasteiger partial charge on any atom is -0.612 e. The summed E-state index contributed by atoms with van der Waals surface area (Å²) in [6.07, 6.45) is -3.39. The van der Waals surface area contributed by atoms with Crippen LogP contribution in [0.3, 0.4) is 0 Å². The fourth-order valence-corrected chi connectivity index (χ4v) is 3.45. The molecule has 0 N–H and O–H groups in total. The molecule has 1 heterocycles. The van der Waals surface area contributed by atoms with Gasteiger partial charge in [-0.1, -0.05) is 11.6 Å². The second-order valence-corrected chi connectivity index (χ2v) is 7.50. The Kier molecular flexibility index (Phi) is 5.60. The molecule has 0 aliphatic heterocycles. The van der Waals surface area contributed by atoms with Crippen LogP contribution >= 0.6 is 11.6 Å². The highest BCUT2D eigenvalue weighted by atomic mass is 35.5. The predicted molar refractivity (Wildman–Crippen MR) is 97.9 cm³/mol. The molecule has 28 heavy (non-hydrogen) atoms. The molecule has 0 aliphatic rings. The van der Waals surface area contributed by atoms with Crippen molar-refractivity contribution in [1.29, 1.82) is 0 Å². The number of hydrogen-bond acceptors (Lipinski definition) is 3. The van der Waals surface area contributed by atoms with Gasteiger partial charge in [-0.2, -0.15) is 18.3 Å². The Balaban J connectivity index is 2.19. The number of nitrogens with zero attached hydrogens (tertiary/aromatic N) is 2. The number of aromatic nitrogens is 2. The lowest BCUT2D eigenvalue weighted by Gasteiger charge is -2.11. The molecule has 0 fully saturated rings. The third-order valence-corrected chi connectivity index (χ3v) is 5.16. The Morgan fingerprint density at radius 1 is 1.14 bits per heavy atom.